The molecule has 3 rings (SSSR count). The summed E-state index contributed by atoms with van der Waals surface area (Å²) in [4.78, 5) is 5.15. The van der Waals surface area contributed by atoms with Gasteiger partial charge in [0.15, 0.2) is 0 Å². The topological polar surface area (TPSA) is 31.7 Å². The quantitative estimate of drug-likeness (QED) is 0.860. The summed E-state index contributed by atoms with van der Waals surface area (Å²) in [6.45, 7) is 10.0. The minimum absolute atomic E-state index is 0.820. The molecule has 1 aromatic rings. The van der Waals surface area contributed by atoms with Gasteiger partial charge >= 0.3 is 0 Å². The second-order valence-corrected chi connectivity index (χ2v) is 6.37. The third kappa shape index (κ3) is 3.62. The molecule has 20 heavy (non-hydrogen) atoms. The van der Waals surface area contributed by atoms with Gasteiger partial charge in [0.1, 0.15) is 11.5 Å². The van der Waals surface area contributed by atoms with E-state index in [0.717, 1.165) is 30.5 Å². The van der Waals surface area contributed by atoms with Crippen LogP contribution in [0.4, 0.5) is 0 Å². The Kier molecular flexibility index (Phi) is 4.44. The first-order chi connectivity index (χ1) is 9.74. The van der Waals surface area contributed by atoms with Crippen LogP contribution in [0, 0.1) is 12.8 Å². The van der Waals surface area contributed by atoms with Crippen LogP contribution in [-0.2, 0) is 13.1 Å². The van der Waals surface area contributed by atoms with Crippen molar-refractivity contribution in [3.63, 3.8) is 0 Å². The third-order valence-electron chi connectivity index (χ3n) is 4.47. The Bertz CT molecular complexity index is 431. The summed E-state index contributed by atoms with van der Waals surface area (Å²) in [5, 5.41) is 3.16. The van der Waals surface area contributed by atoms with Gasteiger partial charge in [0, 0.05) is 32.7 Å². The smallest absolute Gasteiger partial charge is 0.120 e. The van der Waals surface area contributed by atoms with Crippen molar-refractivity contribution in [1.29, 1.82) is 0 Å². The summed E-state index contributed by atoms with van der Waals surface area (Å²) >= 11 is 0. The highest BCUT2D eigenvalue weighted by molar-refractivity contribution is 5.20. The molecule has 0 amide bonds. The fraction of sp³-hybridized carbons (Fsp3) is 0.750. The van der Waals surface area contributed by atoms with Crippen LogP contribution in [0.15, 0.2) is 10.5 Å². The predicted molar refractivity (Wildman–Crippen MR) is 80.6 cm³/mol. The van der Waals surface area contributed by atoms with E-state index < -0.39 is 0 Å². The molecule has 0 bridgehead atoms. The van der Waals surface area contributed by atoms with Crippen molar-refractivity contribution < 1.29 is 4.42 Å². The zero-order valence-electron chi connectivity index (χ0n) is 12.8. The van der Waals surface area contributed by atoms with Crippen LogP contribution in [-0.4, -0.2) is 49.6 Å². The van der Waals surface area contributed by atoms with Crippen molar-refractivity contribution in [2.24, 2.45) is 5.92 Å². The van der Waals surface area contributed by atoms with E-state index >= 15 is 0 Å². The number of hydrogen-bond donors (Lipinski definition) is 1. The van der Waals surface area contributed by atoms with Crippen molar-refractivity contribution in [2.75, 3.05) is 39.8 Å². The van der Waals surface area contributed by atoms with Crippen LogP contribution in [0.1, 0.15) is 29.9 Å². The third-order valence-corrected chi connectivity index (χ3v) is 4.47. The predicted octanol–water partition coefficient (Wildman–Crippen LogP) is 1.84. The van der Waals surface area contributed by atoms with E-state index in [1.54, 1.807) is 0 Å². The van der Waals surface area contributed by atoms with Crippen molar-refractivity contribution in [1.82, 2.24) is 15.1 Å². The lowest BCUT2D eigenvalue weighted by Crippen LogP contribution is -2.46. The molecule has 4 heteroatoms. The SMILES string of the molecule is CNCc1oc(CN2CCN(CC3CC3)CC2)cc1C. The van der Waals surface area contributed by atoms with Gasteiger partial charge in [-0.1, -0.05) is 0 Å². The van der Waals surface area contributed by atoms with Crippen LogP contribution in [0.2, 0.25) is 0 Å². The van der Waals surface area contributed by atoms with E-state index in [1.807, 2.05) is 7.05 Å². The summed E-state index contributed by atoms with van der Waals surface area (Å²) in [5.74, 6) is 3.21. The van der Waals surface area contributed by atoms with Gasteiger partial charge in [0.2, 0.25) is 0 Å². The number of nitrogens with zero attached hydrogens (tertiary/aromatic N) is 2. The van der Waals surface area contributed by atoms with Crippen LogP contribution in [0.5, 0.6) is 0 Å². The molecule has 2 aliphatic rings. The van der Waals surface area contributed by atoms with Crippen LogP contribution < -0.4 is 5.32 Å². The van der Waals surface area contributed by atoms with E-state index in [4.69, 9.17) is 4.42 Å². The van der Waals surface area contributed by atoms with E-state index in [1.165, 1.54) is 51.1 Å². The number of nitrogens with one attached hydrogen (secondary N) is 1. The van der Waals surface area contributed by atoms with Gasteiger partial charge in [-0.3, -0.25) is 4.90 Å². The molecular weight excluding hydrogens is 250 g/mol. The molecule has 1 saturated carbocycles. The summed E-state index contributed by atoms with van der Waals surface area (Å²) < 4.78 is 5.94. The Morgan fingerprint density at radius 1 is 1.20 bits per heavy atom. The number of piperazine rings is 1. The first kappa shape index (κ1) is 14.1. The van der Waals surface area contributed by atoms with Crippen molar-refractivity contribution in [3.05, 3.63) is 23.2 Å². The van der Waals surface area contributed by atoms with Gasteiger partial charge in [-0.2, -0.15) is 0 Å². The summed E-state index contributed by atoms with van der Waals surface area (Å²) in [7, 11) is 1.96. The Hall–Kier alpha value is -0.840. The van der Waals surface area contributed by atoms with Crippen LogP contribution >= 0.6 is 0 Å². The lowest BCUT2D eigenvalue weighted by atomic mass is 10.2. The highest BCUT2D eigenvalue weighted by Crippen LogP contribution is 2.30. The fourth-order valence-corrected chi connectivity index (χ4v) is 3.02. The molecule has 2 heterocycles. The van der Waals surface area contributed by atoms with Gasteiger partial charge in [0.25, 0.3) is 0 Å². The van der Waals surface area contributed by atoms with E-state index in [9.17, 15) is 0 Å². The number of rotatable bonds is 6. The molecule has 0 aromatic carbocycles. The van der Waals surface area contributed by atoms with Gasteiger partial charge in [-0.15, -0.1) is 0 Å². The first-order valence-electron chi connectivity index (χ1n) is 7.92. The Balaban J connectivity index is 1.47. The number of hydrogen-bond acceptors (Lipinski definition) is 4. The van der Waals surface area contributed by atoms with Gasteiger partial charge in [0.05, 0.1) is 13.1 Å². The monoisotopic (exact) mass is 277 g/mol. The molecular formula is C16H27N3O. The molecule has 1 aliphatic heterocycles. The Morgan fingerprint density at radius 2 is 1.90 bits per heavy atom. The van der Waals surface area contributed by atoms with Gasteiger partial charge < -0.3 is 14.6 Å². The molecule has 112 valence electrons. The second-order valence-electron chi connectivity index (χ2n) is 6.37. The maximum Gasteiger partial charge on any atom is 0.120 e. The van der Waals surface area contributed by atoms with Crippen molar-refractivity contribution in [3.8, 4) is 0 Å². The summed E-state index contributed by atoms with van der Waals surface area (Å²) in [5.41, 5.74) is 1.27. The standard InChI is InChI=1S/C16H27N3O/c1-13-9-15(20-16(13)10-17-2)12-19-7-5-18(6-8-19)11-14-3-4-14/h9,14,17H,3-8,10-12H2,1-2H3. The molecule has 1 aromatic heterocycles. The minimum atomic E-state index is 0.820. The maximum atomic E-state index is 5.94. The highest BCUT2D eigenvalue weighted by Gasteiger charge is 2.26. The largest absolute Gasteiger partial charge is 0.463 e. The molecule has 0 atom stereocenters. The van der Waals surface area contributed by atoms with Crippen LogP contribution in [0.25, 0.3) is 0 Å². The normalized spacial score (nSPS) is 21.5. The lowest BCUT2D eigenvalue weighted by molar-refractivity contribution is 0.117. The van der Waals surface area contributed by atoms with Crippen LogP contribution in [0.3, 0.4) is 0 Å². The van der Waals surface area contributed by atoms with Crippen molar-refractivity contribution >= 4 is 0 Å². The number of furan rings is 1. The zero-order valence-corrected chi connectivity index (χ0v) is 12.8. The van der Waals surface area contributed by atoms with Gasteiger partial charge in [-0.25, -0.2) is 0 Å². The molecule has 1 saturated heterocycles. The number of aryl methyl sites for hydroxylation is 1. The summed E-state index contributed by atoms with van der Waals surface area (Å²) in [6, 6.07) is 2.20. The van der Waals surface area contributed by atoms with Gasteiger partial charge in [-0.05, 0) is 44.4 Å². The Labute approximate surface area is 122 Å². The molecule has 1 aliphatic carbocycles. The minimum Gasteiger partial charge on any atom is -0.463 e. The molecule has 0 radical (unpaired) electrons. The molecule has 0 unspecified atom stereocenters. The Morgan fingerprint density at radius 3 is 2.55 bits per heavy atom. The molecule has 0 spiro atoms. The molecule has 4 nitrogen and oxygen atoms in total. The maximum absolute atomic E-state index is 5.94. The zero-order chi connectivity index (χ0) is 13.9. The molecule has 1 N–H and O–H groups in total. The fourth-order valence-electron chi connectivity index (χ4n) is 3.02. The van der Waals surface area contributed by atoms with Crippen molar-refractivity contribution in [2.45, 2.75) is 32.9 Å². The average molecular weight is 277 g/mol. The summed E-state index contributed by atoms with van der Waals surface area (Å²) in [6.07, 6.45) is 2.92. The van der Waals surface area contributed by atoms with E-state index in [-0.39, 0.29) is 0 Å². The first-order valence-corrected chi connectivity index (χ1v) is 7.92. The van der Waals surface area contributed by atoms with E-state index in [2.05, 4.69) is 28.1 Å². The van der Waals surface area contributed by atoms with E-state index in [0.29, 0.717) is 0 Å². The lowest BCUT2D eigenvalue weighted by Gasteiger charge is -2.34. The second kappa shape index (κ2) is 6.29. The highest BCUT2D eigenvalue weighted by atomic mass is 16.3. The average Bonchev–Trinajstić information content (AvgIpc) is 3.18. The molecule has 2 fully saturated rings.